The number of halogens is 2. The molecule has 1 heterocycles. The molecule has 0 atom stereocenters. The second kappa shape index (κ2) is 7.91. The van der Waals surface area contributed by atoms with E-state index in [0.29, 0.717) is 10.0 Å². The predicted octanol–water partition coefficient (Wildman–Crippen LogP) is 8.16. The molecule has 0 aliphatic carbocycles. The molecule has 0 unspecified atom stereocenters. The van der Waals surface area contributed by atoms with Gasteiger partial charge in [-0.05, 0) is 48.0 Å². The molecule has 2 nitrogen and oxygen atoms in total. The van der Waals surface area contributed by atoms with Gasteiger partial charge in [0.2, 0.25) is 0 Å². The molecular weight excluding hydrogens is 411 g/mol. The summed E-state index contributed by atoms with van der Waals surface area (Å²) in [5.74, 6) is 0. The number of hydrogen-bond donors (Lipinski definition) is 1. The minimum Gasteiger partial charge on any atom is -0.294 e. The number of nitrogens with zero attached hydrogens (tertiary/aromatic N) is 1. The smallest absolute Gasteiger partial charge is 0.0788 e. The Hall–Kier alpha value is -3.20. The molecule has 5 aromatic rings. The summed E-state index contributed by atoms with van der Waals surface area (Å²) in [6, 6.07) is 34.5. The van der Waals surface area contributed by atoms with Crippen molar-refractivity contribution in [2.75, 3.05) is 5.43 Å². The van der Waals surface area contributed by atoms with E-state index in [2.05, 4.69) is 64.7 Å². The Morgan fingerprint density at radius 2 is 1.20 bits per heavy atom. The first-order valence-electron chi connectivity index (χ1n) is 9.68. The van der Waals surface area contributed by atoms with Crippen LogP contribution < -0.4 is 5.43 Å². The van der Waals surface area contributed by atoms with Crippen LogP contribution >= 0.6 is 23.2 Å². The maximum absolute atomic E-state index is 6.42. The largest absolute Gasteiger partial charge is 0.294 e. The van der Waals surface area contributed by atoms with Crippen LogP contribution in [-0.4, -0.2) is 4.68 Å². The van der Waals surface area contributed by atoms with Gasteiger partial charge in [-0.2, -0.15) is 0 Å². The van der Waals surface area contributed by atoms with Crippen molar-refractivity contribution in [3.05, 3.63) is 113 Å². The average Bonchev–Trinajstić information content (AvgIpc) is 3.09. The van der Waals surface area contributed by atoms with Crippen molar-refractivity contribution < 1.29 is 0 Å². The molecule has 0 bridgehead atoms. The van der Waals surface area contributed by atoms with Gasteiger partial charge in [0.1, 0.15) is 0 Å². The first-order valence-corrected chi connectivity index (χ1v) is 10.4. The molecule has 0 spiro atoms. The molecule has 1 aromatic heterocycles. The Labute approximate surface area is 185 Å². The van der Waals surface area contributed by atoms with E-state index in [0.717, 1.165) is 39.0 Å². The standard InChI is InChI=1S/C26H18Cl2N2/c27-20-11-14-22(15-12-20)29-30-24-16-13-21(28)17-23(24)25(18-7-3-1-4-8-18)26(30)19-9-5-2-6-10-19/h1-17,29H. The van der Waals surface area contributed by atoms with Gasteiger partial charge in [0.15, 0.2) is 0 Å². The normalized spacial score (nSPS) is 11.0. The summed E-state index contributed by atoms with van der Waals surface area (Å²) < 4.78 is 2.13. The number of nitrogens with one attached hydrogen (secondary N) is 1. The zero-order chi connectivity index (χ0) is 20.5. The number of fused-ring (bicyclic) bond motifs is 1. The van der Waals surface area contributed by atoms with E-state index in [1.807, 2.05) is 48.5 Å². The van der Waals surface area contributed by atoms with Crippen LogP contribution in [0.15, 0.2) is 103 Å². The fraction of sp³-hybridized carbons (Fsp3) is 0. The summed E-state index contributed by atoms with van der Waals surface area (Å²) in [7, 11) is 0. The molecule has 0 fully saturated rings. The molecule has 0 saturated carbocycles. The molecular formula is C26H18Cl2N2. The van der Waals surface area contributed by atoms with Crippen molar-refractivity contribution in [3.63, 3.8) is 0 Å². The van der Waals surface area contributed by atoms with E-state index >= 15 is 0 Å². The average molecular weight is 429 g/mol. The first kappa shape index (κ1) is 18.8. The second-order valence-corrected chi connectivity index (χ2v) is 7.94. The Morgan fingerprint density at radius 3 is 1.87 bits per heavy atom. The summed E-state index contributed by atoms with van der Waals surface area (Å²) >= 11 is 12.5. The number of benzene rings is 4. The van der Waals surface area contributed by atoms with Gasteiger partial charge in [-0.1, -0.05) is 83.9 Å². The molecule has 4 aromatic carbocycles. The highest BCUT2D eigenvalue weighted by atomic mass is 35.5. The highest BCUT2D eigenvalue weighted by Crippen LogP contribution is 2.41. The topological polar surface area (TPSA) is 17.0 Å². The van der Waals surface area contributed by atoms with Crippen molar-refractivity contribution >= 4 is 39.8 Å². The lowest BCUT2D eigenvalue weighted by Gasteiger charge is -2.15. The zero-order valence-electron chi connectivity index (χ0n) is 16.0. The highest BCUT2D eigenvalue weighted by Gasteiger charge is 2.20. The maximum Gasteiger partial charge on any atom is 0.0788 e. The fourth-order valence-corrected chi connectivity index (χ4v) is 4.10. The lowest BCUT2D eigenvalue weighted by molar-refractivity contribution is 1.02. The third-order valence-electron chi connectivity index (χ3n) is 5.12. The van der Waals surface area contributed by atoms with Crippen LogP contribution in [0.2, 0.25) is 10.0 Å². The molecule has 0 aliphatic rings. The van der Waals surface area contributed by atoms with E-state index in [9.17, 15) is 0 Å². The van der Waals surface area contributed by atoms with Gasteiger partial charge in [0.05, 0.1) is 16.9 Å². The van der Waals surface area contributed by atoms with Crippen molar-refractivity contribution in [3.8, 4) is 22.4 Å². The quantitative estimate of drug-likeness (QED) is 0.305. The number of aromatic nitrogens is 1. The van der Waals surface area contributed by atoms with Gasteiger partial charge < -0.3 is 0 Å². The zero-order valence-corrected chi connectivity index (χ0v) is 17.5. The first-order chi connectivity index (χ1) is 14.7. The molecule has 5 rings (SSSR count). The molecule has 4 heteroatoms. The monoisotopic (exact) mass is 428 g/mol. The molecule has 30 heavy (non-hydrogen) atoms. The maximum atomic E-state index is 6.42. The predicted molar refractivity (Wildman–Crippen MR) is 128 cm³/mol. The van der Waals surface area contributed by atoms with Crippen LogP contribution in [0.1, 0.15) is 0 Å². The van der Waals surface area contributed by atoms with Gasteiger partial charge >= 0.3 is 0 Å². The van der Waals surface area contributed by atoms with E-state index in [1.54, 1.807) is 0 Å². The van der Waals surface area contributed by atoms with Crippen LogP contribution in [0.5, 0.6) is 0 Å². The van der Waals surface area contributed by atoms with E-state index < -0.39 is 0 Å². The lowest BCUT2D eigenvalue weighted by Crippen LogP contribution is -2.10. The van der Waals surface area contributed by atoms with E-state index in [-0.39, 0.29) is 0 Å². The highest BCUT2D eigenvalue weighted by molar-refractivity contribution is 6.31. The van der Waals surface area contributed by atoms with Crippen LogP contribution in [0.4, 0.5) is 5.69 Å². The summed E-state index contributed by atoms with van der Waals surface area (Å²) in [6.07, 6.45) is 0. The number of hydrogen-bond acceptors (Lipinski definition) is 1. The SMILES string of the molecule is Clc1ccc(Nn2c(-c3ccccc3)c(-c3ccccc3)c3cc(Cl)ccc32)cc1. The molecule has 146 valence electrons. The summed E-state index contributed by atoms with van der Waals surface area (Å²) in [5, 5.41) is 2.51. The Bertz CT molecular complexity index is 1310. The minimum absolute atomic E-state index is 0.706. The van der Waals surface area contributed by atoms with Crippen LogP contribution in [0, 0.1) is 0 Å². The second-order valence-electron chi connectivity index (χ2n) is 7.07. The van der Waals surface area contributed by atoms with Gasteiger partial charge in [-0.15, -0.1) is 0 Å². The molecule has 0 saturated heterocycles. The summed E-state index contributed by atoms with van der Waals surface area (Å²) in [5.41, 5.74) is 10.0. The van der Waals surface area contributed by atoms with Gasteiger partial charge in [-0.25, -0.2) is 0 Å². The molecule has 0 amide bonds. The Balaban J connectivity index is 1.85. The lowest BCUT2D eigenvalue weighted by atomic mass is 9.98. The number of rotatable bonds is 4. The molecule has 0 aliphatic heterocycles. The summed E-state index contributed by atoms with van der Waals surface area (Å²) in [4.78, 5) is 0. The molecule has 0 radical (unpaired) electrons. The van der Waals surface area contributed by atoms with Crippen LogP contribution in [-0.2, 0) is 0 Å². The van der Waals surface area contributed by atoms with E-state index in [4.69, 9.17) is 23.2 Å². The van der Waals surface area contributed by atoms with Crippen molar-refractivity contribution in [2.45, 2.75) is 0 Å². The Kier molecular flexibility index (Phi) is 4.96. The van der Waals surface area contributed by atoms with E-state index in [1.165, 1.54) is 0 Å². The third kappa shape index (κ3) is 3.45. The third-order valence-corrected chi connectivity index (χ3v) is 5.61. The fourth-order valence-electron chi connectivity index (χ4n) is 3.80. The van der Waals surface area contributed by atoms with Gasteiger partial charge in [0, 0.05) is 26.6 Å². The van der Waals surface area contributed by atoms with Gasteiger partial charge in [0.25, 0.3) is 0 Å². The molecule has 1 N–H and O–H groups in total. The minimum atomic E-state index is 0.706. The van der Waals surface area contributed by atoms with Crippen molar-refractivity contribution in [1.82, 2.24) is 4.68 Å². The number of anilines is 1. The van der Waals surface area contributed by atoms with Gasteiger partial charge in [-0.3, -0.25) is 10.1 Å². The van der Waals surface area contributed by atoms with Crippen molar-refractivity contribution in [2.24, 2.45) is 0 Å². The van der Waals surface area contributed by atoms with Crippen LogP contribution in [0.25, 0.3) is 33.3 Å². The van der Waals surface area contributed by atoms with Crippen LogP contribution in [0.3, 0.4) is 0 Å². The summed E-state index contributed by atoms with van der Waals surface area (Å²) in [6.45, 7) is 0. The Morgan fingerprint density at radius 1 is 0.600 bits per heavy atom. The van der Waals surface area contributed by atoms with Crippen molar-refractivity contribution in [1.29, 1.82) is 0 Å².